The molecule has 1 unspecified atom stereocenters. The Balaban J connectivity index is 2.02. The summed E-state index contributed by atoms with van der Waals surface area (Å²) >= 11 is 0. The Hall–Kier alpha value is -1.06. The van der Waals surface area contributed by atoms with Crippen molar-refractivity contribution in [2.45, 2.75) is 58.1 Å². The van der Waals surface area contributed by atoms with Gasteiger partial charge < -0.3 is 15.2 Å². The third-order valence-corrected chi connectivity index (χ3v) is 4.47. The van der Waals surface area contributed by atoms with E-state index in [9.17, 15) is 5.11 Å². The van der Waals surface area contributed by atoms with Crippen LogP contribution in [0.4, 0.5) is 0 Å². The number of nitrogens with one attached hydrogen (secondary N) is 1. The Morgan fingerprint density at radius 1 is 1.30 bits per heavy atom. The molecule has 2 N–H and O–H groups in total. The van der Waals surface area contributed by atoms with Crippen LogP contribution in [0.25, 0.3) is 0 Å². The lowest BCUT2D eigenvalue weighted by Crippen LogP contribution is -2.34. The van der Waals surface area contributed by atoms with Gasteiger partial charge in [-0.2, -0.15) is 0 Å². The average molecular weight is 277 g/mol. The van der Waals surface area contributed by atoms with E-state index >= 15 is 0 Å². The predicted octanol–water partition coefficient (Wildman–Crippen LogP) is 3.21. The number of hydrogen-bond acceptors (Lipinski definition) is 3. The topological polar surface area (TPSA) is 41.5 Å². The van der Waals surface area contributed by atoms with Crippen molar-refractivity contribution < 1.29 is 9.84 Å². The Bertz CT molecular complexity index is 441. The lowest BCUT2D eigenvalue weighted by molar-refractivity contribution is -0.0113. The predicted molar refractivity (Wildman–Crippen MR) is 82.2 cm³/mol. The first-order valence-corrected chi connectivity index (χ1v) is 7.83. The molecule has 1 aromatic rings. The van der Waals surface area contributed by atoms with Gasteiger partial charge in [0, 0.05) is 6.04 Å². The van der Waals surface area contributed by atoms with Crippen molar-refractivity contribution >= 4 is 0 Å². The van der Waals surface area contributed by atoms with Crippen LogP contribution in [-0.2, 0) is 6.42 Å². The zero-order chi connectivity index (χ0) is 14.6. The van der Waals surface area contributed by atoms with Gasteiger partial charge in [0.05, 0.1) is 5.60 Å². The van der Waals surface area contributed by atoms with E-state index in [0.717, 1.165) is 31.6 Å². The van der Waals surface area contributed by atoms with Gasteiger partial charge in [0.2, 0.25) is 0 Å². The highest BCUT2D eigenvalue weighted by Gasteiger charge is 2.24. The molecular weight excluding hydrogens is 250 g/mol. The lowest BCUT2D eigenvalue weighted by Gasteiger charge is -2.25. The van der Waals surface area contributed by atoms with Crippen molar-refractivity contribution in [3.8, 4) is 5.75 Å². The molecule has 0 aliphatic heterocycles. The minimum absolute atomic E-state index is 0.370. The van der Waals surface area contributed by atoms with Crippen LogP contribution < -0.4 is 10.1 Å². The molecular formula is C17H27NO2. The molecule has 0 radical (unpaired) electrons. The van der Waals surface area contributed by atoms with Crippen molar-refractivity contribution in [1.82, 2.24) is 5.32 Å². The van der Waals surface area contributed by atoms with Crippen molar-refractivity contribution in [1.29, 1.82) is 0 Å². The summed E-state index contributed by atoms with van der Waals surface area (Å²) in [6.45, 7) is 7.51. The van der Waals surface area contributed by atoms with Gasteiger partial charge in [-0.1, -0.05) is 26.8 Å². The van der Waals surface area contributed by atoms with Gasteiger partial charge in [0.25, 0.3) is 0 Å². The Labute approximate surface area is 122 Å². The van der Waals surface area contributed by atoms with Gasteiger partial charge in [0.1, 0.15) is 12.4 Å². The van der Waals surface area contributed by atoms with Crippen LogP contribution in [0.5, 0.6) is 5.75 Å². The summed E-state index contributed by atoms with van der Waals surface area (Å²) < 4.78 is 5.80. The van der Waals surface area contributed by atoms with Gasteiger partial charge >= 0.3 is 0 Å². The van der Waals surface area contributed by atoms with Crippen LogP contribution >= 0.6 is 0 Å². The number of hydrogen-bond donors (Lipinski definition) is 2. The monoisotopic (exact) mass is 277 g/mol. The minimum atomic E-state index is -0.703. The second-order valence-corrected chi connectivity index (χ2v) is 5.73. The van der Waals surface area contributed by atoms with Crippen LogP contribution in [0.15, 0.2) is 18.2 Å². The summed E-state index contributed by atoms with van der Waals surface area (Å²) in [6, 6.07) is 6.83. The molecule has 0 spiro atoms. The van der Waals surface area contributed by atoms with Crippen molar-refractivity contribution in [2.24, 2.45) is 0 Å². The molecule has 3 nitrogen and oxygen atoms in total. The van der Waals surface area contributed by atoms with Crippen molar-refractivity contribution in [2.75, 3.05) is 13.2 Å². The fourth-order valence-electron chi connectivity index (χ4n) is 2.81. The largest absolute Gasteiger partial charge is 0.491 e. The molecule has 2 rings (SSSR count). The van der Waals surface area contributed by atoms with Gasteiger partial charge in [-0.25, -0.2) is 0 Å². The number of rotatable bonds is 7. The zero-order valence-corrected chi connectivity index (χ0v) is 12.9. The Morgan fingerprint density at radius 3 is 2.70 bits per heavy atom. The first-order chi connectivity index (χ1) is 9.61. The first-order valence-electron chi connectivity index (χ1n) is 7.83. The van der Waals surface area contributed by atoms with Gasteiger partial charge in [-0.05, 0) is 55.5 Å². The molecule has 0 amide bonds. The second-order valence-electron chi connectivity index (χ2n) is 5.73. The summed E-state index contributed by atoms with van der Waals surface area (Å²) in [4.78, 5) is 0. The van der Waals surface area contributed by atoms with Crippen LogP contribution in [0, 0.1) is 0 Å². The summed E-state index contributed by atoms with van der Waals surface area (Å²) in [5.74, 6) is 0.876. The van der Waals surface area contributed by atoms with E-state index in [1.807, 2.05) is 19.9 Å². The van der Waals surface area contributed by atoms with Gasteiger partial charge in [-0.15, -0.1) is 0 Å². The maximum absolute atomic E-state index is 10.3. The number of aliphatic hydroxyl groups is 1. The lowest BCUT2D eigenvalue weighted by atomic mass is 9.99. The van der Waals surface area contributed by atoms with E-state index in [0.29, 0.717) is 12.6 Å². The smallest absolute Gasteiger partial charge is 0.119 e. The number of ether oxygens (including phenoxy) is 1. The molecule has 1 atom stereocenters. The van der Waals surface area contributed by atoms with Crippen LogP contribution in [0.2, 0.25) is 0 Å². The number of fused-ring (bicyclic) bond motifs is 1. The summed E-state index contributed by atoms with van der Waals surface area (Å²) in [5, 5.41) is 13.8. The molecule has 1 aliphatic rings. The molecule has 20 heavy (non-hydrogen) atoms. The minimum Gasteiger partial charge on any atom is -0.491 e. The zero-order valence-electron chi connectivity index (χ0n) is 12.9. The number of aryl methyl sites for hydroxylation is 1. The molecule has 0 saturated heterocycles. The first kappa shape index (κ1) is 15.3. The van der Waals surface area contributed by atoms with Crippen LogP contribution in [0.1, 0.15) is 57.2 Å². The second kappa shape index (κ2) is 6.59. The van der Waals surface area contributed by atoms with Crippen molar-refractivity contribution in [3.05, 3.63) is 29.3 Å². The van der Waals surface area contributed by atoms with Crippen LogP contribution in [0.3, 0.4) is 0 Å². The van der Waals surface area contributed by atoms with E-state index < -0.39 is 5.60 Å². The van der Waals surface area contributed by atoms with E-state index in [1.54, 1.807) is 0 Å². The molecule has 1 aromatic carbocycles. The summed E-state index contributed by atoms with van der Waals surface area (Å²) in [6.07, 6.45) is 3.71. The number of benzene rings is 1. The van der Waals surface area contributed by atoms with Crippen molar-refractivity contribution in [3.63, 3.8) is 0 Å². The average Bonchev–Trinajstić information content (AvgIpc) is 2.88. The highest BCUT2D eigenvalue weighted by Crippen LogP contribution is 2.33. The van der Waals surface area contributed by atoms with E-state index in [1.165, 1.54) is 17.5 Å². The van der Waals surface area contributed by atoms with E-state index in [2.05, 4.69) is 24.4 Å². The van der Waals surface area contributed by atoms with Crippen LogP contribution in [-0.4, -0.2) is 23.9 Å². The molecule has 0 heterocycles. The Kier molecular flexibility index (Phi) is 5.06. The molecule has 3 heteroatoms. The quantitative estimate of drug-likeness (QED) is 0.804. The maximum Gasteiger partial charge on any atom is 0.119 e. The molecule has 112 valence electrons. The summed E-state index contributed by atoms with van der Waals surface area (Å²) in [5.41, 5.74) is 2.08. The molecule has 0 bridgehead atoms. The maximum atomic E-state index is 10.3. The van der Waals surface area contributed by atoms with Gasteiger partial charge in [-0.3, -0.25) is 0 Å². The SMILES string of the molecule is CCNC1CCc2cc(OCC(O)(CC)CC)ccc21. The summed E-state index contributed by atoms with van der Waals surface area (Å²) in [7, 11) is 0. The third-order valence-electron chi connectivity index (χ3n) is 4.47. The molecule has 1 aliphatic carbocycles. The standard InChI is InChI=1S/C17H27NO2/c1-4-17(19,5-2)12-20-14-8-9-15-13(11-14)7-10-16(15)18-6-3/h8-9,11,16,18-19H,4-7,10,12H2,1-3H3. The van der Waals surface area contributed by atoms with Gasteiger partial charge in [0.15, 0.2) is 0 Å². The highest BCUT2D eigenvalue weighted by molar-refractivity contribution is 5.40. The van der Waals surface area contributed by atoms with E-state index in [4.69, 9.17) is 4.74 Å². The molecule has 0 saturated carbocycles. The third kappa shape index (κ3) is 3.33. The fraction of sp³-hybridized carbons (Fsp3) is 0.647. The fourth-order valence-corrected chi connectivity index (χ4v) is 2.81. The molecule has 0 fully saturated rings. The Morgan fingerprint density at radius 2 is 2.05 bits per heavy atom. The van der Waals surface area contributed by atoms with E-state index in [-0.39, 0.29) is 0 Å². The molecule has 0 aromatic heterocycles. The normalized spacial score (nSPS) is 18.1. The highest BCUT2D eigenvalue weighted by atomic mass is 16.5.